The van der Waals surface area contributed by atoms with Crippen molar-refractivity contribution in [2.75, 3.05) is 26.4 Å². The third kappa shape index (κ3) is 4.18. The molecule has 0 aliphatic carbocycles. The lowest BCUT2D eigenvalue weighted by molar-refractivity contribution is 0.184. The van der Waals surface area contributed by atoms with E-state index in [-0.39, 0.29) is 13.2 Å². The largest absolute Gasteiger partial charge is 0.490 e. The van der Waals surface area contributed by atoms with Gasteiger partial charge in [-0.2, -0.15) is 0 Å². The quantitative estimate of drug-likeness (QED) is 0.642. The van der Waals surface area contributed by atoms with Crippen LogP contribution in [0.3, 0.4) is 0 Å². The predicted molar refractivity (Wildman–Crippen MR) is 94.0 cm³/mol. The minimum absolute atomic E-state index is 0.0383. The second-order valence-corrected chi connectivity index (χ2v) is 5.23. The van der Waals surface area contributed by atoms with Crippen LogP contribution in [0.2, 0.25) is 0 Å². The van der Waals surface area contributed by atoms with Gasteiger partial charge >= 0.3 is 0 Å². The summed E-state index contributed by atoms with van der Waals surface area (Å²) in [6, 6.07) is 21.5. The molecule has 0 atom stereocenters. The van der Waals surface area contributed by atoms with Crippen LogP contribution in [-0.2, 0) is 0 Å². The van der Waals surface area contributed by atoms with Crippen LogP contribution in [-0.4, -0.2) is 31.5 Å². The highest BCUT2D eigenvalue weighted by Gasteiger charge is 2.08. The van der Waals surface area contributed by atoms with Crippen LogP contribution in [0.1, 0.15) is 0 Å². The van der Waals surface area contributed by atoms with Gasteiger partial charge in [0, 0.05) is 0 Å². The number of ether oxygens (including phenoxy) is 3. The van der Waals surface area contributed by atoms with Crippen molar-refractivity contribution in [3.05, 3.63) is 66.7 Å². The summed E-state index contributed by atoms with van der Waals surface area (Å²) >= 11 is 0. The second-order valence-electron chi connectivity index (χ2n) is 5.23. The van der Waals surface area contributed by atoms with Gasteiger partial charge in [0.25, 0.3) is 0 Å². The van der Waals surface area contributed by atoms with E-state index in [0.29, 0.717) is 24.7 Å². The Morgan fingerprint density at radius 3 is 1.79 bits per heavy atom. The number of aliphatic hydroxyl groups excluding tert-OH is 1. The summed E-state index contributed by atoms with van der Waals surface area (Å²) in [5, 5.41) is 11.1. The van der Waals surface area contributed by atoms with E-state index in [1.165, 1.54) is 0 Å². The van der Waals surface area contributed by atoms with Crippen molar-refractivity contribution < 1.29 is 19.3 Å². The number of benzene rings is 3. The van der Waals surface area contributed by atoms with Gasteiger partial charge in [-0.25, -0.2) is 0 Å². The highest BCUT2D eigenvalue weighted by molar-refractivity contribution is 5.86. The first kappa shape index (κ1) is 16.1. The van der Waals surface area contributed by atoms with Crippen LogP contribution in [0.5, 0.6) is 17.2 Å². The molecule has 0 heterocycles. The molecule has 3 rings (SSSR count). The first-order valence-corrected chi connectivity index (χ1v) is 7.94. The molecule has 0 saturated carbocycles. The highest BCUT2D eigenvalue weighted by atomic mass is 16.5. The Hall–Kier alpha value is -2.72. The Kier molecular flexibility index (Phi) is 5.53. The van der Waals surface area contributed by atoms with Gasteiger partial charge in [0.05, 0.1) is 6.61 Å². The summed E-state index contributed by atoms with van der Waals surface area (Å²) in [6.45, 7) is 1.04. The topological polar surface area (TPSA) is 47.9 Å². The maximum absolute atomic E-state index is 8.99. The second kappa shape index (κ2) is 8.22. The van der Waals surface area contributed by atoms with Crippen LogP contribution >= 0.6 is 0 Å². The van der Waals surface area contributed by atoms with Crippen LogP contribution in [0.15, 0.2) is 66.7 Å². The van der Waals surface area contributed by atoms with E-state index in [2.05, 4.69) is 0 Å². The molecule has 4 nitrogen and oxygen atoms in total. The zero-order valence-electron chi connectivity index (χ0n) is 13.4. The smallest absolute Gasteiger partial charge is 0.161 e. The maximum atomic E-state index is 8.99. The molecule has 0 bridgehead atoms. The molecule has 4 heteroatoms. The highest BCUT2D eigenvalue weighted by Crippen LogP contribution is 2.32. The zero-order chi connectivity index (χ0) is 16.6. The summed E-state index contributed by atoms with van der Waals surface area (Å²) < 4.78 is 17.1. The van der Waals surface area contributed by atoms with E-state index in [9.17, 15) is 0 Å². The van der Waals surface area contributed by atoms with E-state index >= 15 is 0 Å². The summed E-state index contributed by atoms with van der Waals surface area (Å²) in [4.78, 5) is 0. The SMILES string of the molecule is OCCOc1cc2ccccc2cc1OCCOc1ccccc1. The Labute approximate surface area is 141 Å². The average Bonchev–Trinajstić information content (AvgIpc) is 2.64. The number of fused-ring (bicyclic) bond motifs is 1. The predicted octanol–water partition coefficient (Wildman–Crippen LogP) is 3.67. The third-order valence-electron chi connectivity index (χ3n) is 3.51. The van der Waals surface area contributed by atoms with Gasteiger partial charge in [0.1, 0.15) is 25.6 Å². The van der Waals surface area contributed by atoms with Crippen LogP contribution in [0, 0.1) is 0 Å². The van der Waals surface area contributed by atoms with Gasteiger partial charge in [-0.05, 0) is 35.0 Å². The summed E-state index contributed by atoms with van der Waals surface area (Å²) in [7, 11) is 0. The fraction of sp³-hybridized carbons (Fsp3) is 0.200. The van der Waals surface area contributed by atoms with Gasteiger partial charge in [-0.3, -0.25) is 0 Å². The summed E-state index contributed by atoms with van der Waals surface area (Å²) in [5.41, 5.74) is 0. The van der Waals surface area contributed by atoms with E-state index in [4.69, 9.17) is 19.3 Å². The minimum atomic E-state index is -0.0383. The Bertz CT molecular complexity index is 771. The Morgan fingerprint density at radius 2 is 1.17 bits per heavy atom. The lowest BCUT2D eigenvalue weighted by atomic mass is 10.1. The van der Waals surface area contributed by atoms with Crippen LogP contribution < -0.4 is 14.2 Å². The summed E-state index contributed by atoms with van der Waals surface area (Å²) in [6.07, 6.45) is 0. The lowest BCUT2D eigenvalue weighted by Crippen LogP contribution is -2.10. The number of para-hydroxylation sites is 1. The van der Waals surface area contributed by atoms with Gasteiger partial charge < -0.3 is 19.3 Å². The molecule has 0 amide bonds. The molecule has 0 fully saturated rings. The van der Waals surface area contributed by atoms with Crippen LogP contribution in [0.25, 0.3) is 10.8 Å². The number of rotatable bonds is 8. The molecule has 0 aliphatic heterocycles. The molecular weight excluding hydrogens is 304 g/mol. The van der Waals surface area contributed by atoms with E-state index < -0.39 is 0 Å². The number of hydrogen-bond acceptors (Lipinski definition) is 4. The molecule has 0 radical (unpaired) electrons. The van der Waals surface area contributed by atoms with Crippen molar-refractivity contribution >= 4 is 10.8 Å². The third-order valence-corrected chi connectivity index (χ3v) is 3.51. The van der Waals surface area contributed by atoms with Crippen molar-refractivity contribution in [2.24, 2.45) is 0 Å². The molecule has 24 heavy (non-hydrogen) atoms. The van der Waals surface area contributed by atoms with E-state index in [0.717, 1.165) is 16.5 Å². The standard InChI is InChI=1S/C20H20O4/c21-10-11-23-19-14-16-6-4-5-7-17(16)15-20(19)24-13-12-22-18-8-2-1-3-9-18/h1-9,14-15,21H,10-13H2. The van der Waals surface area contributed by atoms with Crippen molar-refractivity contribution in [1.82, 2.24) is 0 Å². The molecule has 0 spiro atoms. The number of aliphatic hydroxyl groups is 1. The monoisotopic (exact) mass is 324 g/mol. The van der Waals surface area contributed by atoms with Crippen molar-refractivity contribution in [3.63, 3.8) is 0 Å². The molecule has 1 N–H and O–H groups in total. The fourth-order valence-electron chi connectivity index (χ4n) is 2.41. The molecule has 0 saturated heterocycles. The minimum Gasteiger partial charge on any atom is -0.490 e. The van der Waals surface area contributed by atoms with Gasteiger partial charge in [-0.15, -0.1) is 0 Å². The van der Waals surface area contributed by atoms with E-state index in [1.54, 1.807) is 0 Å². The maximum Gasteiger partial charge on any atom is 0.161 e. The Balaban J connectivity index is 1.67. The molecule has 0 unspecified atom stereocenters. The molecule has 0 aromatic heterocycles. The van der Waals surface area contributed by atoms with E-state index in [1.807, 2.05) is 66.7 Å². The van der Waals surface area contributed by atoms with Gasteiger partial charge in [0.15, 0.2) is 11.5 Å². The summed E-state index contributed by atoms with van der Waals surface area (Å²) in [5.74, 6) is 2.10. The van der Waals surface area contributed by atoms with Gasteiger partial charge in [0.2, 0.25) is 0 Å². The van der Waals surface area contributed by atoms with Crippen molar-refractivity contribution in [2.45, 2.75) is 0 Å². The van der Waals surface area contributed by atoms with Gasteiger partial charge in [-0.1, -0.05) is 42.5 Å². The fourth-order valence-corrected chi connectivity index (χ4v) is 2.41. The zero-order valence-corrected chi connectivity index (χ0v) is 13.4. The average molecular weight is 324 g/mol. The van der Waals surface area contributed by atoms with Crippen molar-refractivity contribution in [3.8, 4) is 17.2 Å². The molecule has 3 aromatic carbocycles. The molecule has 124 valence electrons. The number of hydrogen-bond donors (Lipinski definition) is 1. The normalized spacial score (nSPS) is 10.5. The van der Waals surface area contributed by atoms with Crippen molar-refractivity contribution in [1.29, 1.82) is 0 Å². The molecular formula is C20H20O4. The van der Waals surface area contributed by atoms with Crippen LogP contribution in [0.4, 0.5) is 0 Å². The lowest BCUT2D eigenvalue weighted by Gasteiger charge is -2.14. The Morgan fingerprint density at radius 1 is 0.625 bits per heavy atom. The first-order valence-electron chi connectivity index (χ1n) is 7.94. The first-order chi connectivity index (χ1) is 11.9. The molecule has 3 aromatic rings. The molecule has 0 aliphatic rings.